The molecule has 0 unspecified atom stereocenters. The van der Waals surface area contributed by atoms with Gasteiger partial charge in [-0.25, -0.2) is 0 Å². The van der Waals surface area contributed by atoms with Gasteiger partial charge in [-0.05, 0) is 19.3 Å². The van der Waals surface area contributed by atoms with Crippen LogP contribution in [0.4, 0.5) is 0 Å². The van der Waals surface area contributed by atoms with Crippen LogP contribution in [-0.2, 0) is 4.79 Å². The van der Waals surface area contributed by atoms with Crippen LogP contribution in [0.1, 0.15) is 117 Å². The van der Waals surface area contributed by atoms with Gasteiger partial charge in [-0.2, -0.15) is 0 Å². The summed E-state index contributed by atoms with van der Waals surface area (Å²) in [5.41, 5.74) is 0. The van der Waals surface area contributed by atoms with E-state index >= 15 is 0 Å². The Balaban J connectivity index is 0. The minimum atomic E-state index is -1.19. The summed E-state index contributed by atoms with van der Waals surface area (Å²) >= 11 is 0. The molecule has 0 rings (SSSR count). The standard InChI is InChI=1S/C22H44O4.Na/c1-3-5-7-9-10-11-12-13-14-16-19(23)18-21(24)20(22(25)26)17-15-8-6-4-2;/h19-21,23-24H,3-18H2,1-2H3,(H,25,26);/q;+1/p-1/t19-,20+,21+;/m1./s1. The monoisotopic (exact) mass is 394 g/mol. The summed E-state index contributed by atoms with van der Waals surface area (Å²) < 4.78 is 0. The fourth-order valence-electron chi connectivity index (χ4n) is 3.51. The van der Waals surface area contributed by atoms with Crippen LogP contribution < -0.4 is 34.7 Å². The average Bonchev–Trinajstić information content (AvgIpc) is 2.59. The van der Waals surface area contributed by atoms with Gasteiger partial charge < -0.3 is 20.1 Å². The molecule has 0 saturated carbocycles. The van der Waals surface area contributed by atoms with E-state index in [0.717, 1.165) is 38.5 Å². The molecule has 2 N–H and O–H groups in total. The molecule has 0 aromatic carbocycles. The first-order chi connectivity index (χ1) is 12.5. The molecule has 0 aromatic heterocycles. The third-order valence-corrected chi connectivity index (χ3v) is 5.29. The third kappa shape index (κ3) is 18.2. The first-order valence-electron chi connectivity index (χ1n) is 11.1. The number of carboxylic acid groups (broad SMARTS) is 1. The van der Waals surface area contributed by atoms with Crippen molar-refractivity contribution < 1.29 is 49.7 Å². The Labute approximate surface area is 189 Å². The van der Waals surface area contributed by atoms with E-state index in [9.17, 15) is 20.1 Å². The molecular formula is C22H43NaO4. The molecule has 27 heavy (non-hydrogen) atoms. The van der Waals surface area contributed by atoms with Gasteiger partial charge in [0.2, 0.25) is 0 Å². The van der Waals surface area contributed by atoms with Gasteiger partial charge in [-0.3, -0.25) is 0 Å². The number of rotatable bonds is 19. The van der Waals surface area contributed by atoms with Crippen molar-refractivity contribution in [3.05, 3.63) is 0 Å². The van der Waals surface area contributed by atoms with Crippen molar-refractivity contribution in [1.82, 2.24) is 0 Å². The van der Waals surface area contributed by atoms with E-state index in [-0.39, 0.29) is 36.0 Å². The molecule has 156 valence electrons. The molecule has 0 saturated heterocycles. The molecule has 0 aliphatic rings. The number of hydrogen-bond acceptors (Lipinski definition) is 4. The van der Waals surface area contributed by atoms with Crippen LogP contribution >= 0.6 is 0 Å². The molecular weight excluding hydrogens is 351 g/mol. The molecule has 0 aliphatic carbocycles. The normalized spacial score (nSPS) is 14.4. The molecule has 3 atom stereocenters. The second-order valence-electron chi connectivity index (χ2n) is 7.85. The molecule has 0 aromatic rings. The van der Waals surface area contributed by atoms with Gasteiger partial charge in [0.1, 0.15) is 0 Å². The smallest absolute Gasteiger partial charge is 0.550 e. The first kappa shape index (κ1) is 29.6. The molecule has 0 spiro atoms. The van der Waals surface area contributed by atoms with Crippen LogP contribution in [0.25, 0.3) is 0 Å². The van der Waals surface area contributed by atoms with Gasteiger partial charge in [-0.15, -0.1) is 0 Å². The number of aliphatic hydroxyl groups is 2. The van der Waals surface area contributed by atoms with Gasteiger partial charge in [0.25, 0.3) is 0 Å². The van der Waals surface area contributed by atoms with E-state index in [2.05, 4.69) is 13.8 Å². The molecule has 0 aliphatic heterocycles. The Hall–Kier alpha value is 0.390. The van der Waals surface area contributed by atoms with E-state index in [1.165, 1.54) is 44.9 Å². The van der Waals surface area contributed by atoms with Crippen molar-refractivity contribution in [1.29, 1.82) is 0 Å². The topological polar surface area (TPSA) is 80.6 Å². The largest absolute Gasteiger partial charge is 1.00 e. The third-order valence-electron chi connectivity index (χ3n) is 5.29. The van der Waals surface area contributed by atoms with Crippen molar-refractivity contribution in [3.8, 4) is 0 Å². The summed E-state index contributed by atoms with van der Waals surface area (Å²) in [5, 5.41) is 31.5. The maximum Gasteiger partial charge on any atom is 1.00 e. The van der Waals surface area contributed by atoms with Gasteiger partial charge in [0.15, 0.2) is 0 Å². The first-order valence-corrected chi connectivity index (χ1v) is 11.1. The van der Waals surface area contributed by atoms with Crippen molar-refractivity contribution in [3.63, 3.8) is 0 Å². The van der Waals surface area contributed by atoms with Crippen LogP contribution in [0.2, 0.25) is 0 Å². The second kappa shape index (κ2) is 21.1. The molecule has 5 heteroatoms. The quantitative estimate of drug-likeness (QED) is 0.256. The predicted octanol–water partition coefficient (Wildman–Crippen LogP) is 1.36. The SMILES string of the molecule is CCCCCCCCCCC[C@@H](O)C[C@H](O)[C@H](CCCCCC)C(=O)[O-].[Na+]. The van der Waals surface area contributed by atoms with Crippen molar-refractivity contribution in [2.45, 2.75) is 129 Å². The molecule has 0 bridgehead atoms. The zero-order chi connectivity index (χ0) is 19.6. The van der Waals surface area contributed by atoms with E-state index < -0.39 is 24.1 Å². The predicted molar refractivity (Wildman–Crippen MR) is 106 cm³/mol. The summed E-state index contributed by atoms with van der Waals surface area (Å²) in [4.78, 5) is 11.3. The van der Waals surface area contributed by atoms with Crippen LogP contribution in [0.15, 0.2) is 0 Å². The second-order valence-corrected chi connectivity index (χ2v) is 7.85. The van der Waals surface area contributed by atoms with Gasteiger partial charge in [0.05, 0.1) is 12.2 Å². The Bertz CT molecular complexity index is 325. The van der Waals surface area contributed by atoms with Crippen molar-refractivity contribution in [2.75, 3.05) is 0 Å². The molecule has 0 amide bonds. The van der Waals surface area contributed by atoms with Gasteiger partial charge >= 0.3 is 29.6 Å². The number of aliphatic carboxylic acids is 1. The number of unbranched alkanes of at least 4 members (excludes halogenated alkanes) is 11. The summed E-state index contributed by atoms with van der Waals surface area (Å²) in [5.74, 6) is -2.05. The number of hydrogen-bond donors (Lipinski definition) is 2. The Kier molecular flexibility index (Phi) is 23.1. The molecule has 4 nitrogen and oxygen atoms in total. The van der Waals surface area contributed by atoms with Crippen LogP contribution in [0, 0.1) is 5.92 Å². The molecule has 0 fully saturated rings. The number of carbonyl (C=O) groups excluding carboxylic acids is 1. The van der Waals surface area contributed by atoms with E-state index in [4.69, 9.17) is 0 Å². The van der Waals surface area contributed by atoms with Gasteiger partial charge in [-0.1, -0.05) is 97.3 Å². The summed E-state index contributed by atoms with van der Waals surface area (Å²) in [7, 11) is 0. The number of carbonyl (C=O) groups is 1. The number of carboxylic acids is 1. The fraction of sp³-hybridized carbons (Fsp3) is 0.955. The minimum absolute atomic E-state index is 0. The van der Waals surface area contributed by atoms with Crippen molar-refractivity contribution in [2.24, 2.45) is 5.92 Å². The number of aliphatic hydroxyl groups excluding tert-OH is 2. The fourth-order valence-corrected chi connectivity index (χ4v) is 3.51. The van der Waals surface area contributed by atoms with E-state index in [0.29, 0.717) is 12.8 Å². The Morgan fingerprint density at radius 2 is 1.15 bits per heavy atom. The maximum atomic E-state index is 11.3. The van der Waals surface area contributed by atoms with Crippen molar-refractivity contribution >= 4 is 5.97 Å². The zero-order valence-electron chi connectivity index (χ0n) is 18.3. The van der Waals surface area contributed by atoms with Crippen LogP contribution in [0.3, 0.4) is 0 Å². The molecule has 0 heterocycles. The van der Waals surface area contributed by atoms with E-state index in [1.807, 2.05) is 0 Å². The summed E-state index contributed by atoms with van der Waals surface area (Å²) in [6, 6.07) is 0. The maximum absolute atomic E-state index is 11.3. The summed E-state index contributed by atoms with van der Waals surface area (Å²) in [6.45, 7) is 4.33. The zero-order valence-corrected chi connectivity index (χ0v) is 20.3. The molecule has 0 radical (unpaired) electrons. The van der Waals surface area contributed by atoms with E-state index in [1.54, 1.807) is 0 Å². The average molecular weight is 395 g/mol. The van der Waals surface area contributed by atoms with Crippen LogP contribution in [0.5, 0.6) is 0 Å². The van der Waals surface area contributed by atoms with Gasteiger partial charge in [0, 0.05) is 11.9 Å². The van der Waals surface area contributed by atoms with Crippen LogP contribution in [-0.4, -0.2) is 28.4 Å². The summed E-state index contributed by atoms with van der Waals surface area (Å²) in [6.07, 6.45) is 14.6. The Morgan fingerprint density at radius 3 is 1.63 bits per heavy atom. The minimum Gasteiger partial charge on any atom is -0.550 e. The Morgan fingerprint density at radius 1 is 0.741 bits per heavy atom.